The van der Waals surface area contributed by atoms with E-state index in [1.807, 2.05) is 6.07 Å². The number of ether oxygens (including phenoxy) is 2. The number of rotatable bonds is 20. The molecule has 0 amide bonds. The van der Waals surface area contributed by atoms with Crippen molar-refractivity contribution in [2.75, 3.05) is 13.2 Å². The molecular weight excluding hydrogens is 404 g/mol. The molecule has 0 aromatic heterocycles. The molecule has 2 heteroatoms. The van der Waals surface area contributed by atoms with Crippen LogP contribution in [0.2, 0.25) is 0 Å². The first kappa shape index (κ1) is 31.9. The Morgan fingerprint density at radius 3 is 2.18 bits per heavy atom. The molecule has 1 aromatic carbocycles. The van der Waals surface area contributed by atoms with E-state index in [2.05, 4.69) is 71.0 Å². The van der Waals surface area contributed by atoms with Gasteiger partial charge in [0.25, 0.3) is 0 Å². The average Bonchev–Trinajstić information content (AvgIpc) is 2.83. The van der Waals surface area contributed by atoms with Crippen LogP contribution in [0.4, 0.5) is 0 Å². The fraction of sp³-hybridized carbons (Fsp3) is 0.742. The molecule has 0 aliphatic carbocycles. The number of hydrogen-bond acceptors (Lipinski definition) is 2. The van der Waals surface area contributed by atoms with Crippen LogP contribution in [-0.4, -0.2) is 19.3 Å². The highest BCUT2D eigenvalue weighted by molar-refractivity contribution is 5.13. The van der Waals surface area contributed by atoms with Gasteiger partial charge in [0.05, 0.1) is 19.3 Å². The van der Waals surface area contributed by atoms with Gasteiger partial charge in [-0.1, -0.05) is 128 Å². The summed E-state index contributed by atoms with van der Waals surface area (Å²) in [5.41, 5.74) is 1.23. The Bertz CT molecular complexity index is 511. The summed E-state index contributed by atoms with van der Waals surface area (Å²) in [6.07, 6.45) is 21.9. The van der Waals surface area contributed by atoms with Gasteiger partial charge in [0.1, 0.15) is 0 Å². The molecule has 33 heavy (non-hydrogen) atoms. The molecule has 0 bridgehead atoms. The Balaban J connectivity index is 0.00000322. The minimum Gasteiger partial charge on any atom is -0.379 e. The zero-order chi connectivity index (χ0) is 24.4. The summed E-state index contributed by atoms with van der Waals surface area (Å²) in [6.45, 7) is 13.3. The van der Waals surface area contributed by atoms with Crippen LogP contribution in [0.3, 0.4) is 0 Å². The molecule has 1 aromatic rings. The molecule has 0 saturated heterocycles. The molecule has 0 aliphatic rings. The third kappa shape index (κ3) is 22.4. The maximum atomic E-state index is 5.98. The minimum atomic E-state index is 0.199. The molecule has 192 valence electrons. The van der Waals surface area contributed by atoms with E-state index >= 15 is 0 Å². The van der Waals surface area contributed by atoms with E-state index in [1.54, 1.807) is 0 Å². The van der Waals surface area contributed by atoms with Crippen molar-refractivity contribution in [3.05, 3.63) is 48.0 Å². The van der Waals surface area contributed by atoms with Crippen LogP contribution in [0, 0.1) is 5.92 Å². The summed E-state index contributed by atoms with van der Waals surface area (Å²) in [6, 6.07) is 10.4. The van der Waals surface area contributed by atoms with Crippen LogP contribution < -0.4 is 0 Å². The summed E-state index contributed by atoms with van der Waals surface area (Å²) in [4.78, 5) is 0. The minimum absolute atomic E-state index is 0.199. The Morgan fingerprint density at radius 2 is 1.48 bits per heavy atom. The van der Waals surface area contributed by atoms with Gasteiger partial charge in [-0.2, -0.15) is 0 Å². The first-order valence-electron chi connectivity index (χ1n) is 14.1. The SMILES string of the molecule is CCC.CCCCCCC/C=C/C(C)CCCCCCOCC(CC)OCc1ccccc1. The largest absolute Gasteiger partial charge is 0.379 e. The summed E-state index contributed by atoms with van der Waals surface area (Å²) < 4.78 is 11.8. The molecule has 0 spiro atoms. The molecule has 1 rings (SSSR count). The first-order chi connectivity index (χ1) is 16.2. The van der Waals surface area contributed by atoms with E-state index in [1.165, 1.54) is 76.2 Å². The summed E-state index contributed by atoms with van der Waals surface area (Å²) in [5.74, 6) is 0.726. The van der Waals surface area contributed by atoms with Crippen LogP contribution in [0.5, 0.6) is 0 Å². The van der Waals surface area contributed by atoms with Gasteiger partial charge < -0.3 is 9.47 Å². The topological polar surface area (TPSA) is 18.5 Å². The Labute approximate surface area is 207 Å². The first-order valence-corrected chi connectivity index (χ1v) is 14.1. The lowest BCUT2D eigenvalue weighted by atomic mass is 10.0. The van der Waals surface area contributed by atoms with Crippen molar-refractivity contribution in [1.29, 1.82) is 0 Å². The molecule has 0 radical (unpaired) electrons. The zero-order valence-electron chi connectivity index (χ0n) is 22.8. The molecule has 0 fully saturated rings. The van der Waals surface area contributed by atoms with Crippen molar-refractivity contribution in [3.8, 4) is 0 Å². The average molecular weight is 461 g/mol. The Kier molecular flexibility index (Phi) is 24.6. The fourth-order valence-corrected chi connectivity index (χ4v) is 3.60. The van der Waals surface area contributed by atoms with Crippen molar-refractivity contribution >= 4 is 0 Å². The van der Waals surface area contributed by atoms with Gasteiger partial charge in [0.15, 0.2) is 0 Å². The van der Waals surface area contributed by atoms with E-state index < -0.39 is 0 Å². The molecule has 0 heterocycles. The van der Waals surface area contributed by atoms with Gasteiger partial charge in [-0.25, -0.2) is 0 Å². The van der Waals surface area contributed by atoms with Crippen LogP contribution in [0.15, 0.2) is 42.5 Å². The number of benzene rings is 1. The Hall–Kier alpha value is -1.12. The lowest BCUT2D eigenvalue weighted by Gasteiger charge is -2.16. The van der Waals surface area contributed by atoms with Gasteiger partial charge in [-0.3, -0.25) is 0 Å². The van der Waals surface area contributed by atoms with Crippen LogP contribution in [-0.2, 0) is 16.1 Å². The second kappa shape index (κ2) is 25.5. The highest BCUT2D eigenvalue weighted by Gasteiger charge is 2.07. The predicted molar refractivity (Wildman–Crippen MR) is 147 cm³/mol. The number of allylic oxidation sites excluding steroid dienone is 2. The van der Waals surface area contributed by atoms with Gasteiger partial charge in [-0.15, -0.1) is 0 Å². The smallest absolute Gasteiger partial charge is 0.0810 e. The normalized spacial score (nSPS) is 13.0. The summed E-state index contributed by atoms with van der Waals surface area (Å²) in [7, 11) is 0. The molecule has 0 saturated carbocycles. The third-order valence-electron chi connectivity index (χ3n) is 5.72. The van der Waals surface area contributed by atoms with Gasteiger partial charge >= 0.3 is 0 Å². The van der Waals surface area contributed by atoms with Gasteiger partial charge in [-0.05, 0) is 43.6 Å². The molecule has 2 atom stereocenters. The molecule has 0 aliphatic heterocycles. The second-order valence-electron chi connectivity index (χ2n) is 9.42. The van der Waals surface area contributed by atoms with Crippen molar-refractivity contribution in [1.82, 2.24) is 0 Å². The van der Waals surface area contributed by atoms with Crippen molar-refractivity contribution in [2.45, 2.75) is 131 Å². The fourth-order valence-electron chi connectivity index (χ4n) is 3.60. The van der Waals surface area contributed by atoms with E-state index in [9.17, 15) is 0 Å². The molecule has 2 nitrogen and oxygen atoms in total. The van der Waals surface area contributed by atoms with E-state index in [0.29, 0.717) is 13.2 Å². The lowest BCUT2D eigenvalue weighted by Crippen LogP contribution is -2.19. The molecule has 0 N–H and O–H groups in total. The summed E-state index contributed by atoms with van der Waals surface area (Å²) >= 11 is 0. The van der Waals surface area contributed by atoms with Crippen molar-refractivity contribution < 1.29 is 9.47 Å². The predicted octanol–water partition coefficient (Wildman–Crippen LogP) is 9.92. The highest BCUT2D eigenvalue weighted by atomic mass is 16.5. The highest BCUT2D eigenvalue weighted by Crippen LogP contribution is 2.13. The van der Waals surface area contributed by atoms with Gasteiger partial charge in [0.2, 0.25) is 0 Å². The zero-order valence-corrected chi connectivity index (χ0v) is 22.8. The van der Waals surface area contributed by atoms with Gasteiger partial charge in [0, 0.05) is 6.61 Å². The quantitative estimate of drug-likeness (QED) is 0.142. The van der Waals surface area contributed by atoms with Crippen LogP contribution in [0.1, 0.15) is 124 Å². The Morgan fingerprint density at radius 1 is 0.818 bits per heavy atom. The van der Waals surface area contributed by atoms with Crippen molar-refractivity contribution in [2.24, 2.45) is 5.92 Å². The van der Waals surface area contributed by atoms with E-state index in [-0.39, 0.29) is 6.10 Å². The maximum absolute atomic E-state index is 5.98. The lowest BCUT2D eigenvalue weighted by molar-refractivity contribution is -0.0269. The standard InChI is InChI=1S/C28H48O2.C3H8/c1-4-6-7-8-9-10-14-19-26(3)20-15-11-12-18-23-29-25-28(5-2)30-24-27-21-16-13-17-22-27;1-3-2/h13-14,16-17,19,21-22,26,28H,4-12,15,18,20,23-25H2,1-3H3;3H2,1-2H3/b19-14+;. The van der Waals surface area contributed by atoms with E-state index in [4.69, 9.17) is 9.47 Å². The third-order valence-corrected chi connectivity index (χ3v) is 5.72. The second-order valence-corrected chi connectivity index (χ2v) is 9.42. The molecule has 2 unspecified atom stereocenters. The number of unbranched alkanes of at least 4 members (excludes halogenated alkanes) is 8. The van der Waals surface area contributed by atoms with Crippen molar-refractivity contribution in [3.63, 3.8) is 0 Å². The number of hydrogen-bond donors (Lipinski definition) is 0. The van der Waals surface area contributed by atoms with E-state index in [0.717, 1.165) is 25.4 Å². The summed E-state index contributed by atoms with van der Waals surface area (Å²) in [5, 5.41) is 0. The van der Waals surface area contributed by atoms with Crippen LogP contribution >= 0.6 is 0 Å². The van der Waals surface area contributed by atoms with Crippen LogP contribution in [0.25, 0.3) is 0 Å². The monoisotopic (exact) mass is 460 g/mol. The maximum Gasteiger partial charge on any atom is 0.0810 e. The molecular formula is C31H56O2.